The van der Waals surface area contributed by atoms with Crippen LogP contribution in [0.4, 0.5) is 5.00 Å². The molecule has 3 aromatic rings. The Balaban J connectivity index is 2.01. The van der Waals surface area contributed by atoms with E-state index in [-0.39, 0.29) is 28.6 Å². The van der Waals surface area contributed by atoms with Gasteiger partial charge in [0.2, 0.25) is 5.43 Å². The minimum Gasteiger partial charge on any atom is -0.462 e. The monoisotopic (exact) mass is 459 g/mol. The molecule has 2 heterocycles. The van der Waals surface area contributed by atoms with Crippen molar-refractivity contribution in [2.75, 3.05) is 11.9 Å². The molecule has 8 nitrogen and oxygen atoms in total. The number of hydrogen-bond acceptors (Lipinski definition) is 7. The number of rotatable bonds is 6. The molecule has 0 fully saturated rings. The summed E-state index contributed by atoms with van der Waals surface area (Å²) in [5.41, 5.74) is 0.0564. The van der Waals surface area contributed by atoms with Gasteiger partial charge in [0.15, 0.2) is 11.5 Å². The van der Waals surface area contributed by atoms with Gasteiger partial charge in [-0.3, -0.25) is 14.4 Å². The molecule has 0 unspecified atom stereocenters. The van der Waals surface area contributed by atoms with Gasteiger partial charge in [-0.1, -0.05) is 17.7 Å². The van der Waals surface area contributed by atoms with Crippen molar-refractivity contribution in [3.8, 4) is 5.69 Å². The number of nitrogens with zero attached hydrogens (tertiary/aromatic N) is 2. The number of thiophene rings is 1. The molecular weight excluding hydrogens is 442 g/mol. The number of aromatic nitrogens is 2. The number of benzene rings is 1. The molecule has 1 N–H and O–H groups in total. The van der Waals surface area contributed by atoms with Crippen molar-refractivity contribution in [1.29, 1.82) is 0 Å². The summed E-state index contributed by atoms with van der Waals surface area (Å²) in [5.74, 6) is -1.74. The predicted octanol–water partition coefficient (Wildman–Crippen LogP) is 3.89. The molecule has 0 aliphatic heterocycles. The Morgan fingerprint density at radius 1 is 1.26 bits per heavy atom. The Kier molecular flexibility index (Phi) is 6.67. The molecule has 0 saturated heterocycles. The first-order valence-corrected chi connectivity index (χ1v) is 10.4. The lowest BCUT2D eigenvalue weighted by atomic mass is 10.1. The van der Waals surface area contributed by atoms with Crippen LogP contribution in [0.5, 0.6) is 0 Å². The number of ether oxygens (including phenoxy) is 1. The first kappa shape index (κ1) is 22.4. The second-order valence-electron chi connectivity index (χ2n) is 6.44. The SMILES string of the molecule is CCOC(=O)c1c(NC(=O)c2nn(-c3cccc(Cl)c3)ccc2=O)sc(C(C)=O)c1C. The van der Waals surface area contributed by atoms with Gasteiger partial charge in [0, 0.05) is 17.3 Å². The van der Waals surface area contributed by atoms with Gasteiger partial charge in [0.1, 0.15) is 5.00 Å². The van der Waals surface area contributed by atoms with Gasteiger partial charge in [-0.15, -0.1) is 11.3 Å². The van der Waals surface area contributed by atoms with Crippen LogP contribution in [0.2, 0.25) is 5.02 Å². The maximum absolute atomic E-state index is 12.9. The number of esters is 1. The molecule has 1 aromatic carbocycles. The third kappa shape index (κ3) is 4.73. The first-order valence-electron chi connectivity index (χ1n) is 9.21. The molecule has 1 amide bonds. The topological polar surface area (TPSA) is 107 Å². The van der Waals surface area contributed by atoms with Gasteiger partial charge >= 0.3 is 5.97 Å². The van der Waals surface area contributed by atoms with Crippen LogP contribution in [0, 0.1) is 6.92 Å². The summed E-state index contributed by atoms with van der Waals surface area (Å²) in [6.45, 7) is 4.74. The molecule has 0 bridgehead atoms. The van der Waals surface area contributed by atoms with Crippen LogP contribution in [-0.2, 0) is 4.74 Å². The number of halogens is 1. The van der Waals surface area contributed by atoms with Gasteiger partial charge in [0.25, 0.3) is 5.91 Å². The summed E-state index contributed by atoms with van der Waals surface area (Å²) in [7, 11) is 0. The van der Waals surface area contributed by atoms with Crippen molar-refractivity contribution in [2.45, 2.75) is 20.8 Å². The third-order valence-corrected chi connectivity index (χ3v) is 5.81. The number of Topliss-reactive ketones (excluding diaryl/α,β-unsaturated/α-hetero) is 1. The number of carbonyl (C=O) groups is 3. The van der Waals surface area contributed by atoms with Crippen molar-refractivity contribution < 1.29 is 19.1 Å². The predicted molar refractivity (Wildman–Crippen MR) is 118 cm³/mol. The molecular formula is C21H18ClN3O5S. The van der Waals surface area contributed by atoms with Crippen LogP contribution in [0.15, 0.2) is 41.3 Å². The lowest BCUT2D eigenvalue weighted by molar-refractivity contribution is 0.0527. The minimum atomic E-state index is -0.816. The van der Waals surface area contributed by atoms with E-state index >= 15 is 0 Å². The number of ketones is 1. The maximum Gasteiger partial charge on any atom is 0.341 e. The Bertz CT molecular complexity index is 1250. The molecule has 0 saturated carbocycles. The van der Waals surface area contributed by atoms with E-state index in [1.165, 1.54) is 23.9 Å². The Morgan fingerprint density at radius 2 is 2.00 bits per heavy atom. The standard InChI is InChI=1S/C21H18ClN3O5S/c1-4-30-21(29)16-11(2)18(12(3)26)31-20(16)23-19(28)17-15(27)8-9-25(24-17)14-7-5-6-13(22)10-14/h5-10H,4H2,1-3H3,(H,23,28). The Morgan fingerprint density at radius 3 is 2.65 bits per heavy atom. The average Bonchev–Trinajstić information content (AvgIpc) is 3.04. The van der Waals surface area contributed by atoms with Crippen molar-refractivity contribution in [3.05, 3.63) is 73.5 Å². The number of carbonyl (C=O) groups excluding carboxylic acids is 3. The van der Waals surface area contributed by atoms with Crippen molar-refractivity contribution in [2.24, 2.45) is 0 Å². The molecule has 31 heavy (non-hydrogen) atoms. The van der Waals surface area contributed by atoms with Gasteiger partial charge in [0.05, 0.1) is 22.7 Å². The molecule has 0 aliphatic rings. The van der Waals surface area contributed by atoms with E-state index in [0.717, 1.165) is 11.3 Å². The highest BCUT2D eigenvalue weighted by Crippen LogP contribution is 2.34. The normalized spacial score (nSPS) is 10.6. The van der Waals surface area contributed by atoms with Gasteiger partial charge in [-0.2, -0.15) is 5.10 Å². The highest BCUT2D eigenvalue weighted by molar-refractivity contribution is 7.18. The summed E-state index contributed by atoms with van der Waals surface area (Å²) in [5, 5.41) is 7.23. The van der Waals surface area contributed by atoms with E-state index in [1.807, 2.05) is 0 Å². The summed E-state index contributed by atoms with van der Waals surface area (Å²) in [6.07, 6.45) is 1.41. The lowest BCUT2D eigenvalue weighted by Gasteiger charge is -2.09. The fourth-order valence-electron chi connectivity index (χ4n) is 2.88. The average molecular weight is 460 g/mol. The Labute approximate surface area is 186 Å². The van der Waals surface area contributed by atoms with E-state index < -0.39 is 17.3 Å². The summed E-state index contributed by atoms with van der Waals surface area (Å²) in [6, 6.07) is 7.94. The van der Waals surface area contributed by atoms with E-state index in [0.29, 0.717) is 21.2 Å². The molecule has 160 valence electrons. The smallest absolute Gasteiger partial charge is 0.341 e. The van der Waals surface area contributed by atoms with Gasteiger partial charge < -0.3 is 10.1 Å². The molecule has 0 radical (unpaired) electrons. The molecule has 0 spiro atoms. The van der Waals surface area contributed by atoms with Crippen molar-refractivity contribution in [1.82, 2.24) is 9.78 Å². The molecule has 0 atom stereocenters. The number of anilines is 1. The molecule has 3 rings (SSSR count). The lowest BCUT2D eigenvalue weighted by Crippen LogP contribution is -2.25. The van der Waals surface area contributed by atoms with E-state index in [4.69, 9.17) is 16.3 Å². The molecule has 0 aliphatic carbocycles. The Hall–Kier alpha value is -3.30. The zero-order valence-electron chi connectivity index (χ0n) is 16.9. The second kappa shape index (κ2) is 9.23. The largest absolute Gasteiger partial charge is 0.462 e. The van der Waals surface area contributed by atoms with Crippen LogP contribution in [0.1, 0.15) is 49.9 Å². The second-order valence-corrected chi connectivity index (χ2v) is 7.90. The quantitative estimate of drug-likeness (QED) is 0.442. The molecule has 2 aromatic heterocycles. The fraction of sp³-hybridized carbons (Fsp3) is 0.190. The summed E-state index contributed by atoms with van der Waals surface area (Å²) in [4.78, 5) is 49.8. The van der Waals surface area contributed by atoms with E-state index in [9.17, 15) is 19.2 Å². The zero-order chi connectivity index (χ0) is 22.7. The number of amides is 1. The maximum atomic E-state index is 12.9. The van der Waals surface area contributed by atoms with Crippen LogP contribution in [-0.4, -0.2) is 34.0 Å². The number of nitrogens with one attached hydrogen (secondary N) is 1. The van der Waals surface area contributed by atoms with Crippen LogP contribution < -0.4 is 10.7 Å². The highest BCUT2D eigenvalue weighted by atomic mass is 35.5. The summed E-state index contributed by atoms with van der Waals surface area (Å²) >= 11 is 6.94. The van der Waals surface area contributed by atoms with Crippen LogP contribution in [0.25, 0.3) is 5.69 Å². The third-order valence-electron chi connectivity index (χ3n) is 4.27. The fourth-order valence-corrected chi connectivity index (χ4v) is 4.15. The zero-order valence-corrected chi connectivity index (χ0v) is 18.5. The summed E-state index contributed by atoms with van der Waals surface area (Å²) < 4.78 is 6.40. The van der Waals surface area contributed by atoms with E-state index in [2.05, 4.69) is 10.4 Å². The van der Waals surface area contributed by atoms with Gasteiger partial charge in [-0.25, -0.2) is 9.48 Å². The van der Waals surface area contributed by atoms with Crippen LogP contribution in [0.3, 0.4) is 0 Å². The van der Waals surface area contributed by atoms with E-state index in [1.54, 1.807) is 38.1 Å². The minimum absolute atomic E-state index is 0.0801. The first-order chi connectivity index (χ1) is 14.7. The van der Waals surface area contributed by atoms with Crippen molar-refractivity contribution in [3.63, 3.8) is 0 Å². The van der Waals surface area contributed by atoms with Crippen molar-refractivity contribution >= 4 is 45.6 Å². The number of hydrogen-bond donors (Lipinski definition) is 1. The highest BCUT2D eigenvalue weighted by Gasteiger charge is 2.26. The molecule has 10 heteroatoms. The van der Waals surface area contributed by atoms with Crippen LogP contribution >= 0.6 is 22.9 Å². The van der Waals surface area contributed by atoms with Gasteiger partial charge in [-0.05, 0) is 44.5 Å².